The van der Waals surface area contributed by atoms with E-state index in [1.54, 1.807) is 20.4 Å². The molecule has 1 aliphatic rings. The van der Waals surface area contributed by atoms with Gasteiger partial charge in [-0.25, -0.2) is 4.98 Å². The lowest BCUT2D eigenvalue weighted by Gasteiger charge is -2.33. The van der Waals surface area contributed by atoms with Crippen LogP contribution in [-0.4, -0.2) is 55.2 Å². The number of rotatable bonds is 8. The number of piperidine rings is 1. The number of hydrogen-bond donors (Lipinski definition) is 3. The van der Waals surface area contributed by atoms with Gasteiger partial charge in [-0.15, -0.1) is 0 Å². The van der Waals surface area contributed by atoms with Gasteiger partial charge in [-0.05, 0) is 56.4 Å². The van der Waals surface area contributed by atoms with Crippen LogP contribution in [0.15, 0.2) is 48.7 Å². The van der Waals surface area contributed by atoms with Gasteiger partial charge in [-0.1, -0.05) is 23.7 Å². The van der Waals surface area contributed by atoms with Crippen LogP contribution in [0.3, 0.4) is 0 Å². The van der Waals surface area contributed by atoms with Crippen molar-refractivity contribution in [2.45, 2.75) is 12.8 Å². The van der Waals surface area contributed by atoms with Crippen molar-refractivity contribution in [2.75, 3.05) is 55.7 Å². The molecule has 0 spiro atoms. The molecule has 1 aliphatic heterocycles. The fourth-order valence-corrected chi connectivity index (χ4v) is 5.46. The van der Waals surface area contributed by atoms with E-state index in [-0.39, 0.29) is 6.61 Å². The maximum absolute atomic E-state index is 12.7. The summed E-state index contributed by atoms with van der Waals surface area (Å²) < 4.78 is 18.4. The summed E-state index contributed by atoms with van der Waals surface area (Å²) >= 11 is 6.37. The van der Waals surface area contributed by atoms with Gasteiger partial charge in [0, 0.05) is 36.8 Å². The zero-order valence-corrected chi connectivity index (χ0v) is 21.8. The Bertz CT molecular complexity index is 1230. The number of para-hydroxylation sites is 1. The summed E-state index contributed by atoms with van der Waals surface area (Å²) in [5, 5.41) is 16.9. The second-order valence-electron chi connectivity index (χ2n) is 9.01. The Hall–Kier alpha value is -2.80. The summed E-state index contributed by atoms with van der Waals surface area (Å²) in [6.07, 6.45) is 3.47. The summed E-state index contributed by atoms with van der Waals surface area (Å²) in [7, 11) is -0.877. The molecule has 1 aromatic heterocycles. The molecular weight excluding hydrogens is 485 g/mol. The molecule has 0 amide bonds. The Morgan fingerprint density at radius 2 is 1.89 bits per heavy atom. The van der Waals surface area contributed by atoms with Crippen molar-refractivity contribution in [1.29, 1.82) is 0 Å². The number of methoxy groups -OCH3 is 1. The van der Waals surface area contributed by atoms with Gasteiger partial charge in [0.2, 0.25) is 5.95 Å². The first-order valence-electron chi connectivity index (χ1n) is 11.5. The van der Waals surface area contributed by atoms with Crippen LogP contribution in [0.1, 0.15) is 12.8 Å². The number of aromatic nitrogens is 2. The number of anilines is 5. The predicted octanol–water partition coefficient (Wildman–Crippen LogP) is 5.08. The third kappa shape index (κ3) is 6.07. The van der Waals surface area contributed by atoms with Crippen molar-refractivity contribution < 1.29 is 14.4 Å². The number of nitrogens with one attached hydrogen (secondary N) is 2. The largest absolute Gasteiger partial charge is 0.494 e. The highest BCUT2D eigenvalue weighted by molar-refractivity contribution is 7.70. The molecule has 0 aliphatic carbocycles. The van der Waals surface area contributed by atoms with Gasteiger partial charge >= 0.3 is 0 Å². The van der Waals surface area contributed by atoms with Crippen molar-refractivity contribution in [3.8, 4) is 5.75 Å². The van der Waals surface area contributed by atoms with Crippen molar-refractivity contribution in [3.05, 3.63) is 53.7 Å². The van der Waals surface area contributed by atoms with E-state index in [4.69, 9.17) is 16.3 Å². The monoisotopic (exact) mass is 515 g/mol. The van der Waals surface area contributed by atoms with E-state index >= 15 is 0 Å². The molecule has 4 rings (SSSR count). The number of nitrogens with zero attached hydrogens (tertiary/aromatic N) is 3. The number of aliphatic hydroxyl groups excluding tert-OH is 1. The van der Waals surface area contributed by atoms with E-state index in [9.17, 15) is 9.67 Å². The van der Waals surface area contributed by atoms with Crippen molar-refractivity contribution in [3.63, 3.8) is 0 Å². The van der Waals surface area contributed by atoms with Crippen LogP contribution in [-0.2, 0) is 4.57 Å². The zero-order chi connectivity index (χ0) is 25.0. The average Bonchev–Trinajstić information content (AvgIpc) is 2.86. The van der Waals surface area contributed by atoms with E-state index in [1.165, 1.54) is 6.20 Å². The number of hydrogen-bond acceptors (Lipinski definition) is 8. The Morgan fingerprint density at radius 3 is 2.57 bits per heavy atom. The summed E-state index contributed by atoms with van der Waals surface area (Å²) in [5.74, 6) is 1.81. The van der Waals surface area contributed by atoms with E-state index in [0.29, 0.717) is 34.1 Å². The van der Waals surface area contributed by atoms with Crippen LogP contribution in [0.5, 0.6) is 5.75 Å². The van der Waals surface area contributed by atoms with Crippen LogP contribution in [0.25, 0.3) is 0 Å². The molecule has 0 radical (unpaired) electrons. The SMILES string of the molecule is COc1cc(N2CCC(CO)CC2)ccc1Nc1ncc(Cl)c(Nc2ccccc2P(C)(C)=O)n1. The van der Waals surface area contributed by atoms with Gasteiger partial charge in [-0.2, -0.15) is 4.98 Å². The summed E-state index contributed by atoms with van der Waals surface area (Å²) in [6, 6.07) is 13.4. The fourth-order valence-electron chi connectivity index (χ4n) is 4.17. The molecule has 3 aromatic rings. The van der Waals surface area contributed by atoms with E-state index in [1.807, 2.05) is 42.5 Å². The van der Waals surface area contributed by atoms with Gasteiger partial charge < -0.3 is 29.9 Å². The predicted molar refractivity (Wildman–Crippen MR) is 144 cm³/mol. The summed E-state index contributed by atoms with van der Waals surface area (Å²) in [5.41, 5.74) is 2.49. The lowest BCUT2D eigenvalue weighted by molar-refractivity contribution is 0.203. The van der Waals surface area contributed by atoms with E-state index in [0.717, 1.165) is 42.6 Å². The fraction of sp³-hybridized carbons (Fsp3) is 0.360. The second kappa shape index (κ2) is 10.9. The third-order valence-corrected chi connectivity index (χ3v) is 7.98. The van der Waals surface area contributed by atoms with Gasteiger partial charge in [0.25, 0.3) is 0 Å². The lowest BCUT2D eigenvalue weighted by atomic mass is 9.97. The van der Waals surface area contributed by atoms with E-state index in [2.05, 4.69) is 25.5 Å². The van der Waals surface area contributed by atoms with E-state index < -0.39 is 7.14 Å². The Balaban J connectivity index is 1.54. The quantitative estimate of drug-likeness (QED) is 0.357. The van der Waals surface area contributed by atoms with Crippen molar-refractivity contribution >= 4 is 52.9 Å². The Kier molecular flexibility index (Phi) is 7.85. The molecule has 8 nitrogen and oxygen atoms in total. The average molecular weight is 516 g/mol. The van der Waals surface area contributed by atoms with Gasteiger partial charge in [-0.3, -0.25) is 0 Å². The number of aliphatic hydroxyl groups is 1. The number of benzene rings is 2. The first kappa shape index (κ1) is 25.3. The molecule has 0 bridgehead atoms. The highest BCUT2D eigenvalue weighted by Gasteiger charge is 2.20. The molecular formula is C25H31ClN5O3P. The minimum absolute atomic E-state index is 0.250. The van der Waals surface area contributed by atoms with Gasteiger partial charge in [0.05, 0.1) is 24.7 Å². The molecule has 3 N–H and O–H groups in total. The molecule has 0 atom stereocenters. The molecule has 0 unspecified atom stereocenters. The second-order valence-corrected chi connectivity index (χ2v) is 12.6. The molecule has 2 heterocycles. The molecule has 2 aromatic carbocycles. The molecule has 0 saturated carbocycles. The summed E-state index contributed by atoms with van der Waals surface area (Å²) in [4.78, 5) is 11.2. The van der Waals surface area contributed by atoms with Gasteiger partial charge in [0.1, 0.15) is 17.9 Å². The van der Waals surface area contributed by atoms with Crippen LogP contribution < -0.4 is 25.6 Å². The van der Waals surface area contributed by atoms with Crippen LogP contribution in [0, 0.1) is 5.92 Å². The third-order valence-electron chi connectivity index (χ3n) is 6.15. The highest BCUT2D eigenvalue weighted by Crippen LogP contribution is 2.39. The molecule has 1 fully saturated rings. The number of halogens is 1. The maximum Gasteiger partial charge on any atom is 0.229 e. The molecule has 10 heteroatoms. The first-order valence-corrected chi connectivity index (χ1v) is 14.5. The lowest BCUT2D eigenvalue weighted by Crippen LogP contribution is -2.34. The number of ether oxygens (including phenoxy) is 1. The molecule has 186 valence electrons. The van der Waals surface area contributed by atoms with Gasteiger partial charge in [0.15, 0.2) is 5.82 Å². The van der Waals surface area contributed by atoms with Crippen LogP contribution >= 0.6 is 18.7 Å². The normalized spacial score (nSPS) is 14.6. The highest BCUT2D eigenvalue weighted by atomic mass is 35.5. The minimum Gasteiger partial charge on any atom is -0.494 e. The first-order chi connectivity index (χ1) is 16.8. The Labute approximate surface area is 211 Å². The molecule has 1 saturated heterocycles. The van der Waals surface area contributed by atoms with Crippen LogP contribution in [0.2, 0.25) is 5.02 Å². The van der Waals surface area contributed by atoms with Crippen molar-refractivity contribution in [1.82, 2.24) is 9.97 Å². The molecule has 35 heavy (non-hydrogen) atoms. The summed E-state index contributed by atoms with van der Waals surface area (Å²) in [6.45, 7) is 5.51. The zero-order valence-electron chi connectivity index (χ0n) is 20.2. The Morgan fingerprint density at radius 1 is 1.14 bits per heavy atom. The van der Waals surface area contributed by atoms with Crippen LogP contribution in [0.4, 0.5) is 28.8 Å². The topological polar surface area (TPSA) is 99.6 Å². The van der Waals surface area contributed by atoms with Crippen molar-refractivity contribution in [2.24, 2.45) is 5.92 Å². The maximum atomic E-state index is 12.7. The smallest absolute Gasteiger partial charge is 0.229 e. The minimum atomic E-state index is -2.50. The standard InChI is InChI=1S/C25H31ClN5O3P/c1-34-22-14-18(31-12-10-17(16-32)11-13-31)8-9-20(22)29-25-27-15-19(26)24(30-25)28-21-6-4-5-7-23(21)35(2,3)33/h4-9,14-15,17,32H,10-13,16H2,1-3H3,(H2,27,28,29,30).